The van der Waals surface area contributed by atoms with Crippen LogP contribution in [0.3, 0.4) is 0 Å². The van der Waals surface area contributed by atoms with Crippen LogP contribution < -0.4 is 10.5 Å². The van der Waals surface area contributed by atoms with E-state index < -0.39 is 6.04 Å². The minimum Gasteiger partial charge on any atom is -0.496 e. The van der Waals surface area contributed by atoms with Crippen LogP contribution in [0.2, 0.25) is 0 Å². The molecule has 0 amide bonds. The van der Waals surface area contributed by atoms with Crippen LogP contribution in [-0.4, -0.2) is 31.8 Å². The van der Waals surface area contributed by atoms with Gasteiger partial charge in [-0.15, -0.1) is 0 Å². The molecule has 4 aromatic rings. The maximum atomic E-state index is 6.33. The second-order valence-electron chi connectivity index (χ2n) is 6.63. The number of ether oxygens (including phenoxy) is 1. The molecule has 8 heteroatoms. The zero-order chi connectivity index (χ0) is 19.7. The van der Waals surface area contributed by atoms with Crippen LogP contribution in [0.1, 0.15) is 40.3 Å². The molecule has 0 saturated heterocycles. The normalized spacial score (nSPS) is 12.4. The highest BCUT2D eigenvalue weighted by molar-refractivity contribution is 5.42. The first-order valence-electron chi connectivity index (χ1n) is 9.09. The molecule has 0 radical (unpaired) electrons. The first-order chi connectivity index (χ1) is 13.6. The molecule has 3 aromatic heterocycles. The van der Waals surface area contributed by atoms with Gasteiger partial charge in [-0.3, -0.25) is 0 Å². The maximum absolute atomic E-state index is 6.33. The fourth-order valence-corrected chi connectivity index (χ4v) is 3.42. The lowest BCUT2D eigenvalue weighted by Crippen LogP contribution is -2.14. The van der Waals surface area contributed by atoms with E-state index in [9.17, 15) is 0 Å². The summed E-state index contributed by atoms with van der Waals surface area (Å²) < 4.78 is 12.6. The van der Waals surface area contributed by atoms with Crippen LogP contribution in [-0.2, 0) is 12.8 Å². The Kier molecular flexibility index (Phi) is 4.79. The standard InChI is InChI=1S/C20H22N6O2/c1-12-14(13(2)26-17(23-12)10-11-22-26)8-9-18-24-20(25-28-18)19(21)15-6-4-5-7-16(15)27-3/h4-7,10-11,19H,8-9,21H2,1-3H3. The van der Waals surface area contributed by atoms with E-state index >= 15 is 0 Å². The molecule has 144 valence electrons. The van der Waals surface area contributed by atoms with Crippen molar-refractivity contribution in [1.82, 2.24) is 24.7 Å². The number of aryl methyl sites for hydroxylation is 3. The second-order valence-corrected chi connectivity index (χ2v) is 6.63. The Bertz CT molecular complexity index is 1120. The maximum Gasteiger partial charge on any atom is 0.227 e. The smallest absolute Gasteiger partial charge is 0.227 e. The number of aromatic nitrogens is 5. The molecule has 1 atom stereocenters. The number of rotatable bonds is 6. The third-order valence-electron chi connectivity index (χ3n) is 4.92. The quantitative estimate of drug-likeness (QED) is 0.550. The Morgan fingerprint density at radius 1 is 1.14 bits per heavy atom. The molecule has 0 aliphatic carbocycles. The largest absolute Gasteiger partial charge is 0.496 e. The highest BCUT2D eigenvalue weighted by Crippen LogP contribution is 2.26. The molecule has 1 aromatic carbocycles. The molecule has 0 fully saturated rings. The fourth-order valence-electron chi connectivity index (χ4n) is 3.42. The third-order valence-corrected chi connectivity index (χ3v) is 4.92. The third kappa shape index (κ3) is 3.22. The van der Waals surface area contributed by atoms with Gasteiger partial charge in [-0.2, -0.15) is 10.1 Å². The Labute approximate surface area is 162 Å². The summed E-state index contributed by atoms with van der Waals surface area (Å²) in [6, 6.07) is 8.94. The summed E-state index contributed by atoms with van der Waals surface area (Å²) in [5.74, 6) is 1.68. The number of hydrogen-bond donors (Lipinski definition) is 1. The Morgan fingerprint density at radius 3 is 2.79 bits per heavy atom. The van der Waals surface area contributed by atoms with Crippen LogP contribution in [0.5, 0.6) is 5.75 Å². The van der Waals surface area contributed by atoms with Crippen LogP contribution in [0.15, 0.2) is 41.1 Å². The lowest BCUT2D eigenvalue weighted by atomic mass is 10.1. The van der Waals surface area contributed by atoms with Crippen molar-refractivity contribution in [3.63, 3.8) is 0 Å². The van der Waals surface area contributed by atoms with Crippen molar-refractivity contribution in [2.45, 2.75) is 32.7 Å². The zero-order valence-corrected chi connectivity index (χ0v) is 16.1. The summed E-state index contributed by atoms with van der Waals surface area (Å²) in [4.78, 5) is 9.09. The van der Waals surface area contributed by atoms with Gasteiger partial charge in [0.15, 0.2) is 11.5 Å². The minimum atomic E-state index is -0.515. The first kappa shape index (κ1) is 18.1. The van der Waals surface area contributed by atoms with Gasteiger partial charge in [0.05, 0.1) is 19.3 Å². The van der Waals surface area contributed by atoms with Crippen molar-refractivity contribution >= 4 is 5.65 Å². The van der Waals surface area contributed by atoms with E-state index in [1.807, 2.05) is 48.7 Å². The van der Waals surface area contributed by atoms with E-state index in [0.29, 0.717) is 23.9 Å². The SMILES string of the molecule is COc1ccccc1C(N)c1noc(CCc2c(C)nc3ccnn3c2C)n1. The summed E-state index contributed by atoms with van der Waals surface area (Å²) in [6.07, 6.45) is 3.08. The van der Waals surface area contributed by atoms with E-state index in [2.05, 4.69) is 20.2 Å². The van der Waals surface area contributed by atoms with E-state index in [4.69, 9.17) is 15.0 Å². The van der Waals surface area contributed by atoms with Gasteiger partial charge in [-0.25, -0.2) is 9.50 Å². The summed E-state index contributed by atoms with van der Waals surface area (Å²) in [5, 5.41) is 8.39. The average molecular weight is 378 g/mol. The lowest BCUT2D eigenvalue weighted by molar-refractivity contribution is 0.370. The Hall–Kier alpha value is -3.26. The summed E-state index contributed by atoms with van der Waals surface area (Å²) in [6.45, 7) is 4.05. The van der Waals surface area contributed by atoms with Gasteiger partial charge in [0.1, 0.15) is 5.75 Å². The van der Waals surface area contributed by atoms with Crippen molar-refractivity contribution in [3.8, 4) is 5.75 Å². The predicted molar refractivity (Wildman–Crippen MR) is 103 cm³/mol. The molecule has 0 bridgehead atoms. The van der Waals surface area contributed by atoms with Gasteiger partial charge in [0.2, 0.25) is 5.89 Å². The van der Waals surface area contributed by atoms with Crippen molar-refractivity contribution in [2.75, 3.05) is 7.11 Å². The van der Waals surface area contributed by atoms with Crippen LogP contribution in [0, 0.1) is 13.8 Å². The highest BCUT2D eigenvalue weighted by atomic mass is 16.5. The molecule has 0 aliphatic heterocycles. The minimum absolute atomic E-state index is 0.439. The molecule has 0 aliphatic rings. The summed E-state index contributed by atoms with van der Waals surface area (Å²) in [7, 11) is 1.61. The lowest BCUT2D eigenvalue weighted by Gasteiger charge is -2.12. The molecule has 3 heterocycles. The van der Waals surface area contributed by atoms with Crippen molar-refractivity contribution in [3.05, 3.63) is 70.8 Å². The molecule has 0 saturated carbocycles. The van der Waals surface area contributed by atoms with Crippen LogP contribution >= 0.6 is 0 Å². The van der Waals surface area contributed by atoms with Gasteiger partial charge in [-0.05, 0) is 31.9 Å². The molecule has 4 rings (SSSR count). The topological polar surface area (TPSA) is 104 Å². The summed E-state index contributed by atoms with van der Waals surface area (Å²) >= 11 is 0. The fraction of sp³-hybridized carbons (Fsp3) is 0.300. The van der Waals surface area contributed by atoms with E-state index in [1.165, 1.54) is 0 Å². The average Bonchev–Trinajstić information content (AvgIpc) is 3.36. The molecule has 0 spiro atoms. The number of hydrogen-bond acceptors (Lipinski definition) is 7. The number of fused-ring (bicyclic) bond motifs is 1. The van der Waals surface area contributed by atoms with Crippen molar-refractivity contribution in [1.29, 1.82) is 0 Å². The van der Waals surface area contributed by atoms with Crippen LogP contribution in [0.4, 0.5) is 0 Å². The van der Waals surface area contributed by atoms with Gasteiger partial charge in [0.25, 0.3) is 0 Å². The van der Waals surface area contributed by atoms with Crippen LogP contribution in [0.25, 0.3) is 5.65 Å². The Morgan fingerprint density at radius 2 is 1.96 bits per heavy atom. The number of nitrogens with zero attached hydrogens (tertiary/aromatic N) is 5. The molecule has 8 nitrogen and oxygen atoms in total. The predicted octanol–water partition coefficient (Wildman–Crippen LogP) is 2.57. The number of para-hydroxylation sites is 1. The zero-order valence-electron chi connectivity index (χ0n) is 16.1. The second kappa shape index (κ2) is 7.40. The highest BCUT2D eigenvalue weighted by Gasteiger charge is 2.20. The summed E-state index contributed by atoms with van der Waals surface area (Å²) in [5.41, 5.74) is 11.2. The van der Waals surface area contributed by atoms with Gasteiger partial charge in [0, 0.05) is 29.4 Å². The monoisotopic (exact) mass is 378 g/mol. The molecule has 28 heavy (non-hydrogen) atoms. The van der Waals surface area contributed by atoms with Crippen molar-refractivity contribution < 1.29 is 9.26 Å². The van der Waals surface area contributed by atoms with Crippen molar-refractivity contribution in [2.24, 2.45) is 5.73 Å². The molecule has 2 N–H and O–H groups in total. The van der Waals surface area contributed by atoms with E-state index in [1.54, 1.807) is 13.3 Å². The number of methoxy groups -OCH3 is 1. The molecular weight excluding hydrogens is 356 g/mol. The first-order valence-corrected chi connectivity index (χ1v) is 9.09. The van der Waals surface area contributed by atoms with E-state index in [-0.39, 0.29) is 0 Å². The van der Waals surface area contributed by atoms with Gasteiger partial charge in [-0.1, -0.05) is 23.4 Å². The number of nitrogens with two attached hydrogens (primary N) is 1. The molecule has 1 unspecified atom stereocenters. The van der Waals surface area contributed by atoms with Gasteiger partial charge >= 0.3 is 0 Å². The number of benzene rings is 1. The van der Waals surface area contributed by atoms with Gasteiger partial charge < -0.3 is 15.0 Å². The Balaban J connectivity index is 1.53. The molecular formula is C20H22N6O2. The van der Waals surface area contributed by atoms with E-state index in [0.717, 1.165) is 34.6 Å².